The minimum absolute atomic E-state index is 0.0494. The summed E-state index contributed by atoms with van der Waals surface area (Å²) in [5.41, 5.74) is 1.79. The van der Waals surface area contributed by atoms with Crippen molar-refractivity contribution < 1.29 is 4.79 Å². The van der Waals surface area contributed by atoms with E-state index in [1.807, 2.05) is 67.6 Å². The number of anilines is 1. The smallest absolute Gasteiger partial charge is 0.240 e. The highest BCUT2D eigenvalue weighted by molar-refractivity contribution is 8.00. The fourth-order valence-electron chi connectivity index (χ4n) is 4.20. The molecule has 1 atom stereocenters. The number of likely N-dealkylation sites (tertiary alicyclic amines) is 1. The lowest BCUT2D eigenvalue weighted by Crippen LogP contribution is -2.37. The number of carbonyl (C=O) groups is 1. The Morgan fingerprint density at radius 1 is 1.06 bits per heavy atom. The van der Waals surface area contributed by atoms with Crippen LogP contribution in [0.4, 0.5) is 5.69 Å². The first-order valence-corrected chi connectivity index (χ1v) is 12.7. The van der Waals surface area contributed by atoms with Gasteiger partial charge in [-0.3, -0.25) is 14.3 Å². The first-order chi connectivity index (χ1) is 16.7. The highest BCUT2D eigenvalue weighted by atomic mass is 32.2. The lowest BCUT2D eigenvalue weighted by molar-refractivity contribution is -0.117. The topological polar surface area (TPSA) is 78.1 Å². The molecule has 0 spiro atoms. The van der Waals surface area contributed by atoms with Gasteiger partial charge in [0.2, 0.25) is 5.91 Å². The van der Waals surface area contributed by atoms with E-state index >= 15 is 0 Å². The zero-order valence-electron chi connectivity index (χ0n) is 19.5. The van der Waals surface area contributed by atoms with Gasteiger partial charge in [0, 0.05) is 17.9 Å². The van der Waals surface area contributed by atoms with Crippen LogP contribution in [0.15, 0.2) is 65.8 Å². The third kappa shape index (κ3) is 5.85. The highest BCUT2D eigenvalue weighted by Crippen LogP contribution is 2.29. The second-order valence-corrected chi connectivity index (χ2v) is 9.71. The first kappa shape index (κ1) is 24.0. The summed E-state index contributed by atoms with van der Waals surface area (Å²) in [7, 11) is 0. The van der Waals surface area contributed by atoms with E-state index in [0.717, 1.165) is 36.8 Å². The minimum atomic E-state index is -0.395. The molecule has 2 heterocycles. The largest absolute Gasteiger partial charge is 0.310 e. The van der Waals surface area contributed by atoms with Crippen molar-refractivity contribution in [1.82, 2.24) is 19.7 Å². The molecule has 8 heteroatoms. The molecule has 0 radical (unpaired) electrons. The van der Waals surface area contributed by atoms with Crippen molar-refractivity contribution in [3.8, 4) is 11.8 Å². The van der Waals surface area contributed by atoms with Gasteiger partial charge in [0.25, 0.3) is 0 Å². The van der Waals surface area contributed by atoms with E-state index in [1.165, 1.54) is 31.0 Å². The highest BCUT2D eigenvalue weighted by Gasteiger charge is 2.26. The Morgan fingerprint density at radius 3 is 2.41 bits per heavy atom. The van der Waals surface area contributed by atoms with E-state index in [4.69, 9.17) is 5.26 Å². The predicted molar refractivity (Wildman–Crippen MR) is 135 cm³/mol. The van der Waals surface area contributed by atoms with Gasteiger partial charge < -0.3 is 4.90 Å². The Morgan fingerprint density at radius 2 is 1.74 bits per heavy atom. The molecule has 2 aromatic carbocycles. The molecule has 7 nitrogen and oxygen atoms in total. The van der Waals surface area contributed by atoms with Crippen molar-refractivity contribution in [2.75, 3.05) is 24.5 Å². The van der Waals surface area contributed by atoms with Crippen LogP contribution in [0.2, 0.25) is 0 Å². The third-order valence-electron chi connectivity index (χ3n) is 5.94. The Kier molecular flexibility index (Phi) is 8.34. The summed E-state index contributed by atoms with van der Waals surface area (Å²) < 4.78 is 2.07. The standard InChI is InChI=1S/C26H30N6OS/c1-21(25(33)31(19-11-16-27)22-12-5-2-6-13-22)34-26-29-28-24(20-30-17-9-4-10-18-30)32(26)23-14-7-3-8-15-23/h2-3,5-8,12-15,21H,4,9-11,17-20H2,1H3. The molecule has 34 heavy (non-hydrogen) atoms. The van der Waals surface area contributed by atoms with Crippen LogP contribution in [-0.4, -0.2) is 50.5 Å². The average molecular weight is 475 g/mol. The summed E-state index contributed by atoms with van der Waals surface area (Å²) in [5, 5.41) is 18.4. The summed E-state index contributed by atoms with van der Waals surface area (Å²) in [6, 6.07) is 21.8. The summed E-state index contributed by atoms with van der Waals surface area (Å²) in [5.74, 6) is 0.839. The van der Waals surface area contributed by atoms with Crippen LogP contribution < -0.4 is 4.90 Å². The molecule has 0 bridgehead atoms. The van der Waals surface area contributed by atoms with Gasteiger partial charge in [0.15, 0.2) is 11.0 Å². The third-order valence-corrected chi connectivity index (χ3v) is 6.97. The monoisotopic (exact) mass is 474 g/mol. The number of carbonyl (C=O) groups excluding carboxylic acids is 1. The van der Waals surface area contributed by atoms with Gasteiger partial charge in [0.1, 0.15) is 0 Å². The molecule has 0 N–H and O–H groups in total. The lowest BCUT2D eigenvalue weighted by Gasteiger charge is -2.26. The summed E-state index contributed by atoms with van der Waals surface area (Å²) in [6.45, 7) is 5.14. The Balaban J connectivity index is 1.58. The molecule has 1 saturated heterocycles. The van der Waals surface area contributed by atoms with Crippen LogP contribution in [-0.2, 0) is 11.3 Å². The number of hydrogen-bond donors (Lipinski definition) is 0. The van der Waals surface area contributed by atoms with Crippen LogP contribution in [0, 0.1) is 11.3 Å². The molecule has 0 saturated carbocycles. The van der Waals surface area contributed by atoms with E-state index in [9.17, 15) is 4.79 Å². The number of nitrogens with zero attached hydrogens (tertiary/aromatic N) is 6. The Labute approximate surface area is 205 Å². The van der Waals surface area contributed by atoms with Crippen molar-refractivity contribution in [2.45, 2.75) is 49.6 Å². The number of amides is 1. The number of benzene rings is 2. The molecular weight excluding hydrogens is 444 g/mol. The SMILES string of the molecule is CC(Sc1nnc(CN2CCCCC2)n1-c1ccccc1)C(=O)N(CCC#N)c1ccccc1. The number of rotatable bonds is 9. The van der Waals surface area contributed by atoms with Crippen LogP contribution in [0.25, 0.3) is 5.69 Å². The number of hydrogen-bond acceptors (Lipinski definition) is 6. The molecular formula is C26H30N6OS. The van der Waals surface area contributed by atoms with Crippen molar-refractivity contribution in [3.05, 3.63) is 66.5 Å². The molecule has 4 rings (SSSR count). The summed E-state index contributed by atoms with van der Waals surface area (Å²) >= 11 is 1.41. The molecule has 0 aliphatic carbocycles. The number of piperidine rings is 1. The fraction of sp³-hybridized carbons (Fsp3) is 0.385. The zero-order valence-corrected chi connectivity index (χ0v) is 20.3. The maximum Gasteiger partial charge on any atom is 0.240 e. The molecule has 1 unspecified atom stereocenters. The van der Waals surface area contributed by atoms with Gasteiger partial charge >= 0.3 is 0 Å². The molecule has 1 aliphatic heterocycles. The summed E-state index contributed by atoms with van der Waals surface area (Å²) in [6.07, 6.45) is 3.99. The Bertz CT molecular complexity index is 1110. The molecule has 176 valence electrons. The number of aromatic nitrogens is 3. The first-order valence-electron chi connectivity index (χ1n) is 11.8. The second-order valence-electron chi connectivity index (χ2n) is 8.40. The maximum absolute atomic E-state index is 13.5. The van der Waals surface area contributed by atoms with Crippen LogP contribution >= 0.6 is 11.8 Å². The fourth-order valence-corrected chi connectivity index (χ4v) is 5.15. The van der Waals surface area contributed by atoms with Crippen LogP contribution in [0.1, 0.15) is 38.4 Å². The quantitative estimate of drug-likeness (QED) is 0.419. The van der Waals surface area contributed by atoms with Crippen molar-refractivity contribution >= 4 is 23.4 Å². The van der Waals surface area contributed by atoms with Gasteiger partial charge in [-0.05, 0) is 57.1 Å². The molecule has 3 aromatic rings. The van der Waals surface area contributed by atoms with Gasteiger partial charge in [0.05, 0.1) is 24.3 Å². The zero-order chi connectivity index (χ0) is 23.8. The minimum Gasteiger partial charge on any atom is -0.310 e. The second kappa shape index (κ2) is 11.8. The number of thioether (sulfide) groups is 1. The molecule has 1 amide bonds. The van der Waals surface area contributed by atoms with Crippen LogP contribution in [0.5, 0.6) is 0 Å². The van der Waals surface area contributed by atoms with Gasteiger partial charge in [-0.25, -0.2) is 0 Å². The van der Waals surface area contributed by atoms with Gasteiger partial charge in [-0.1, -0.05) is 54.6 Å². The average Bonchev–Trinajstić information content (AvgIpc) is 3.27. The molecule has 1 fully saturated rings. The van der Waals surface area contributed by atoms with E-state index < -0.39 is 5.25 Å². The van der Waals surface area contributed by atoms with E-state index in [1.54, 1.807) is 4.90 Å². The summed E-state index contributed by atoms with van der Waals surface area (Å²) in [4.78, 5) is 17.6. The van der Waals surface area contributed by atoms with Crippen LogP contribution in [0.3, 0.4) is 0 Å². The molecule has 1 aliphatic rings. The van der Waals surface area contributed by atoms with Gasteiger partial charge in [-0.15, -0.1) is 10.2 Å². The van der Waals surface area contributed by atoms with Crippen molar-refractivity contribution in [2.24, 2.45) is 0 Å². The van der Waals surface area contributed by atoms with E-state index in [0.29, 0.717) is 11.7 Å². The van der Waals surface area contributed by atoms with Crippen molar-refractivity contribution in [3.63, 3.8) is 0 Å². The number of para-hydroxylation sites is 2. The maximum atomic E-state index is 13.5. The van der Waals surface area contributed by atoms with Crippen molar-refractivity contribution in [1.29, 1.82) is 5.26 Å². The normalized spacial score (nSPS) is 14.9. The van der Waals surface area contributed by atoms with Gasteiger partial charge in [-0.2, -0.15) is 5.26 Å². The molecule has 1 aromatic heterocycles. The Hall–Kier alpha value is -3.15. The van der Waals surface area contributed by atoms with E-state index in [2.05, 4.69) is 25.7 Å². The predicted octanol–water partition coefficient (Wildman–Crippen LogP) is 4.68. The van der Waals surface area contributed by atoms with E-state index in [-0.39, 0.29) is 12.3 Å². The number of nitriles is 1. The lowest BCUT2D eigenvalue weighted by atomic mass is 10.1.